The summed E-state index contributed by atoms with van der Waals surface area (Å²) in [6.07, 6.45) is 9.11. The summed E-state index contributed by atoms with van der Waals surface area (Å²) in [6.45, 7) is 1.65. The van der Waals surface area contributed by atoms with Crippen molar-refractivity contribution < 1.29 is 14.3 Å². The molecule has 0 radical (unpaired) electrons. The van der Waals surface area contributed by atoms with E-state index >= 15 is 0 Å². The molecule has 3 rings (SSSR count). The Morgan fingerprint density at radius 2 is 1.79 bits per heavy atom. The lowest BCUT2D eigenvalue weighted by Gasteiger charge is -2.22. The molecular formula is C22H27N3O3. The van der Waals surface area contributed by atoms with E-state index in [2.05, 4.69) is 5.32 Å². The molecule has 6 heteroatoms. The Balaban J connectivity index is 1.54. The highest BCUT2D eigenvalue weighted by atomic mass is 16.5. The van der Waals surface area contributed by atoms with Crippen molar-refractivity contribution in [3.05, 3.63) is 35.4 Å². The van der Waals surface area contributed by atoms with Crippen LogP contribution in [-0.4, -0.2) is 42.5 Å². The molecule has 1 saturated carbocycles. The number of hydrogen-bond donors (Lipinski definition) is 1. The summed E-state index contributed by atoms with van der Waals surface area (Å²) in [5, 5.41) is 12.3. The van der Waals surface area contributed by atoms with Gasteiger partial charge in [0.25, 0.3) is 11.8 Å². The van der Waals surface area contributed by atoms with Crippen LogP contribution in [0.2, 0.25) is 0 Å². The molecule has 2 fully saturated rings. The van der Waals surface area contributed by atoms with E-state index < -0.39 is 0 Å². The topological polar surface area (TPSA) is 82.4 Å². The van der Waals surface area contributed by atoms with Crippen LogP contribution in [0.1, 0.15) is 50.5 Å². The molecule has 1 heterocycles. The van der Waals surface area contributed by atoms with Gasteiger partial charge in [0.2, 0.25) is 0 Å². The van der Waals surface area contributed by atoms with E-state index in [9.17, 15) is 14.9 Å². The average Bonchev–Trinajstić information content (AvgIpc) is 3.27. The fourth-order valence-corrected chi connectivity index (χ4v) is 3.69. The Kier molecular flexibility index (Phi) is 7.07. The van der Waals surface area contributed by atoms with Gasteiger partial charge in [0.05, 0.1) is 0 Å². The zero-order chi connectivity index (χ0) is 19.8. The molecule has 1 aliphatic carbocycles. The maximum Gasteiger partial charge on any atom is 0.262 e. The van der Waals surface area contributed by atoms with E-state index in [-0.39, 0.29) is 30.0 Å². The SMILES string of the molecule is N#C/C(=C\c1ccc(OCC(=O)N2CCCC2)cc1)C(=O)NC1CCCCC1. The molecule has 0 atom stereocenters. The van der Waals surface area contributed by atoms with Gasteiger partial charge in [-0.15, -0.1) is 0 Å². The van der Waals surface area contributed by atoms with Gasteiger partial charge in [0, 0.05) is 19.1 Å². The van der Waals surface area contributed by atoms with E-state index in [4.69, 9.17) is 4.74 Å². The molecule has 1 aromatic rings. The molecule has 0 aromatic heterocycles. The highest BCUT2D eigenvalue weighted by molar-refractivity contribution is 6.01. The van der Waals surface area contributed by atoms with Crippen LogP contribution in [0, 0.1) is 11.3 Å². The maximum atomic E-state index is 12.3. The molecule has 2 amide bonds. The Morgan fingerprint density at radius 1 is 1.11 bits per heavy atom. The van der Waals surface area contributed by atoms with Gasteiger partial charge in [0.15, 0.2) is 6.61 Å². The first-order valence-corrected chi connectivity index (χ1v) is 10.1. The molecule has 28 heavy (non-hydrogen) atoms. The van der Waals surface area contributed by atoms with Crippen molar-refractivity contribution in [1.82, 2.24) is 10.2 Å². The molecule has 1 aromatic carbocycles. The number of ether oxygens (including phenoxy) is 1. The van der Waals surface area contributed by atoms with Crippen molar-refractivity contribution in [2.75, 3.05) is 19.7 Å². The van der Waals surface area contributed by atoms with Gasteiger partial charge >= 0.3 is 0 Å². The Morgan fingerprint density at radius 3 is 2.43 bits per heavy atom. The third-order valence-electron chi connectivity index (χ3n) is 5.32. The third kappa shape index (κ3) is 5.59. The van der Waals surface area contributed by atoms with Crippen molar-refractivity contribution in [3.8, 4) is 11.8 Å². The van der Waals surface area contributed by atoms with Gasteiger partial charge in [-0.05, 0) is 49.5 Å². The van der Waals surface area contributed by atoms with Crippen molar-refractivity contribution >= 4 is 17.9 Å². The quantitative estimate of drug-likeness (QED) is 0.606. The number of carbonyl (C=O) groups excluding carboxylic acids is 2. The lowest BCUT2D eigenvalue weighted by atomic mass is 9.95. The normalized spacial score (nSPS) is 17.8. The molecule has 1 N–H and O–H groups in total. The fraction of sp³-hybridized carbons (Fsp3) is 0.500. The smallest absolute Gasteiger partial charge is 0.262 e. The molecule has 0 spiro atoms. The number of benzene rings is 1. The number of nitriles is 1. The molecule has 6 nitrogen and oxygen atoms in total. The summed E-state index contributed by atoms with van der Waals surface area (Å²) in [7, 11) is 0. The van der Waals surface area contributed by atoms with Gasteiger partial charge in [-0.2, -0.15) is 5.26 Å². The van der Waals surface area contributed by atoms with Crippen LogP contribution in [0.3, 0.4) is 0 Å². The summed E-state index contributed by atoms with van der Waals surface area (Å²) >= 11 is 0. The van der Waals surface area contributed by atoms with Gasteiger partial charge in [0.1, 0.15) is 17.4 Å². The Hall–Kier alpha value is -2.81. The zero-order valence-corrected chi connectivity index (χ0v) is 16.2. The average molecular weight is 381 g/mol. The predicted molar refractivity (Wildman–Crippen MR) is 106 cm³/mol. The van der Waals surface area contributed by atoms with E-state index in [1.54, 1.807) is 30.3 Å². The number of carbonyl (C=O) groups is 2. The highest BCUT2D eigenvalue weighted by Gasteiger charge is 2.19. The van der Waals surface area contributed by atoms with E-state index in [1.807, 2.05) is 11.0 Å². The van der Waals surface area contributed by atoms with Crippen molar-refractivity contribution in [2.45, 2.75) is 51.0 Å². The lowest BCUT2D eigenvalue weighted by Crippen LogP contribution is -2.36. The lowest BCUT2D eigenvalue weighted by molar-refractivity contribution is -0.132. The highest BCUT2D eigenvalue weighted by Crippen LogP contribution is 2.19. The molecule has 148 valence electrons. The van der Waals surface area contributed by atoms with Gasteiger partial charge in [-0.1, -0.05) is 31.4 Å². The molecule has 0 unspecified atom stereocenters. The first-order valence-electron chi connectivity index (χ1n) is 10.1. The van der Waals surface area contributed by atoms with Crippen LogP contribution in [0.5, 0.6) is 5.75 Å². The minimum atomic E-state index is -0.314. The summed E-state index contributed by atoms with van der Waals surface area (Å²) in [4.78, 5) is 26.2. The van der Waals surface area contributed by atoms with E-state index in [1.165, 1.54) is 6.42 Å². The third-order valence-corrected chi connectivity index (χ3v) is 5.32. The van der Waals surface area contributed by atoms with E-state index in [0.717, 1.165) is 57.2 Å². The molecule has 0 bridgehead atoms. The largest absolute Gasteiger partial charge is 0.484 e. The standard InChI is InChI=1S/C22H27N3O3/c23-15-18(22(27)24-19-6-2-1-3-7-19)14-17-8-10-20(11-9-17)28-16-21(26)25-12-4-5-13-25/h8-11,14,19H,1-7,12-13,16H2,(H,24,27)/b18-14+. The fourth-order valence-electron chi connectivity index (χ4n) is 3.69. The van der Waals surface area contributed by atoms with Crippen LogP contribution < -0.4 is 10.1 Å². The second-order valence-corrected chi connectivity index (χ2v) is 7.42. The van der Waals surface area contributed by atoms with Crippen LogP contribution in [0.25, 0.3) is 6.08 Å². The van der Waals surface area contributed by atoms with Gasteiger partial charge < -0.3 is 15.0 Å². The Labute approximate surface area is 166 Å². The minimum Gasteiger partial charge on any atom is -0.484 e. The molecular weight excluding hydrogens is 354 g/mol. The number of nitrogens with zero attached hydrogens (tertiary/aromatic N) is 2. The van der Waals surface area contributed by atoms with E-state index in [0.29, 0.717) is 5.75 Å². The summed E-state index contributed by atoms with van der Waals surface area (Å²) in [5.74, 6) is 0.286. The van der Waals surface area contributed by atoms with Crippen molar-refractivity contribution in [3.63, 3.8) is 0 Å². The Bertz CT molecular complexity index is 752. The maximum absolute atomic E-state index is 12.3. The summed E-state index contributed by atoms with van der Waals surface area (Å²) in [5.41, 5.74) is 0.844. The summed E-state index contributed by atoms with van der Waals surface area (Å²) in [6, 6.07) is 9.21. The first kappa shape index (κ1) is 19.9. The zero-order valence-electron chi connectivity index (χ0n) is 16.2. The molecule has 1 aliphatic heterocycles. The second kappa shape index (κ2) is 9.93. The number of rotatable bonds is 6. The number of amides is 2. The number of likely N-dealkylation sites (tertiary alicyclic amines) is 1. The first-order chi connectivity index (χ1) is 13.7. The van der Waals surface area contributed by atoms with Crippen LogP contribution >= 0.6 is 0 Å². The monoisotopic (exact) mass is 381 g/mol. The molecule has 1 saturated heterocycles. The summed E-state index contributed by atoms with van der Waals surface area (Å²) < 4.78 is 5.56. The van der Waals surface area contributed by atoms with Gasteiger partial charge in [-0.25, -0.2) is 0 Å². The number of nitrogens with one attached hydrogen (secondary N) is 1. The molecule has 2 aliphatic rings. The van der Waals surface area contributed by atoms with Crippen LogP contribution in [0.15, 0.2) is 29.8 Å². The van der Waals surface area contributed by atoms with Crippen molar-refractivity contribution in [1.29, 1.82) is 5.26 Å². The van der Waals surface area contributed by atoms with Gasteiger partial charge in [-0.3, -0.25) is 9.59 Å². The number of hydrogen-bond acceptors (Lipinski definition) is 4. The second-order valence-electron chi connectivity index (χ2n) is 7.42. The van der Waals surface area contributed by atoms with Crippen LogP contribution in [0.4, 0.5) is 0 Å². The predicted octanol–water partition coefficient (Wildman–Crippen LogP) is 3.04. The van der Waals surface area contributed by atoms with Crippen molar-refractivity contribution in [2.24, 2.45) is 0 Å². The minimum absolute atomic E-state index is 0.00706. The van der Waals surface area contributed by atoms with Crippen LogP contribution in [-0.2, 0) is 9.59 Å².